The second-order valence-corrected chi connectivity index (χ2v) is 4.10. The summed E-state index contributed by atoms with van der Waals surface area (Å²) in [6.45, 7) is 0. The highest BCUT2D eigenvalue weighted by atomic mass is 19.1. The Bertz CT molecular complexity index is 711. The highest BCUT2D eigenvalue weighted by Crippen LogP contribution is 2.21. The molecule has 94 valence electrons. The van der Waals surface area contributed by atoms with Gasteiger partial charge in [-0.15, -0.1) is 0 Å². The van der Waals surface area contributed by atoms with Crippen LogP contribution in [-0.4, -0.2) is 10.9 Å². The highest BCUT2D eigenvalue weighted by molar-refractivity contribution is 6.12. The fourth-order valence-corrected chi connectivity index (χ4v) is 1.96. The van der Waals surface area contributed by atoms with Crippen molar-refractivity contribution >= 4 is 16.7 Å². The van der Waals surface area contributed by atoms with Crippen molar-refractivity contribution in [3.05, 3.63) is 71.7 Å². The van der Waals surface area contributed by atoms with Crippen LogP contribution in [-0.2, 0) is 0 Å². The number of benzene rings is 2. The van der Waals surface area contributed by atoms with Crippen LogP contribution in [0.2, 0.25) is 0 Å². The highest BCUT2D eigenvalue weighted by Gasteiger charge is 2.13. The Hall–Kier alpha value is -2.62. The van der Waals surface area contributed by atoms with E-state index in [0.29, 0.717) is 16.9 Å². The fraction of sp³-hybridized carbons (Fsp3) is 0. The van der Waals surface area contributed by atoms with Gasteiger partial charge in [0.15, 0.2) is 11.5 Å². The van der Waals surface area contributed by atoms with E-state index < -0.39 is 0 Å². The van der Waals surface area contributed by atoms with Crippen molar-refractivity contribution in [3.8, 4) is 0 Å². The van der Waals surface area contributed by atoms with Gasteiger partial charge in [0, 0.05) is 10.9 Å². The maximum Gasteiger partial charge on any atom is 0.157 e. The van der Waals surface area contributed by atoms with Crippen molar-refractivity contribution in [2.24, 2.45) is 5.16 Å². The number of nitrogens with zero attached hydrogens (tertiary/aromatic N) is 1. The molecular weight excluding hydrogens is 245 g/mol. The lowest BCUT2D eigenvalue weighted by Gasteiger charge is -2.00. The summed E-state index contributed by atoms with van der Waals surface area (Å²) in [6.07, 6.45) is 0. The first-order chi connectivity index (χ1) is 9.28. The zero-order valence-corrected chi connectivity index (χ0v) is 9.88. The van der Waals surface area contributed by atoms with Crippen LogP contribution in [0.3, 0.4) is 0 Å². The number of furan rings is 1. The quantitative estimate of drug-likeness (QED) is 0.430. The summed E-state index contributed by atoms with van der Waals surface area (Å²) in [4.78, 5) is 0. The van der Waals surface area contributed by atoms with Crippen LogP contribution in [0.4, 0.5) is 4.39 Å². The molecule has 3 nitrogen and oxygen atoms in total. The predicted molar refractivity (Wildman–Crippen MR) is 70.0 cm³/mol. The summed E-state index contributed by atoms with van der Waals surface area (Å²) in [6, 6.07) is 15.0. The van der Waals surface area contributed by atoms with Gasteiger partial charge in [0.2, 0.25) is 0 Å². The Kier molecular flexibility index (Phi) is 2.76. The molecule has 0 radical (unpaired) electrons. The molecule has 1 N–H and O–H groups in total. The molecular formula is C15H10FNO2. The molecule has 3 aromatic rings. The molecule has 3 rings (SSSR count). The predicted octanol–water partition coefficient (Wildman–Crippen LogP) is 3.80. The Morgan fingerprint density at radius 1 is 1.05 bits per heavy atom. The van der Waals surface area contributed by atoms with Crippen LogP contribution in [0.25, 0.3) is 11.0 Å². The lowest BCUT2D eigenvalue weighted by molar-refractivity contribution is 0.318. The molecule has 0 aliphatic carbocycles. The molecule has 0 aliphatic heterocycles. The molecule has 0 saturated heterocycles. The van der Waals surface area contributed by atoms with E-state index in [2.05, 4.69) is 5.16 Å². The first-order valence-electron chi connectivity index (χ1n) is 5.75. The van der Waals surface area contributed by atoms with Gasteiger partial charge in [-0.3, -0.25) is 0 Å². The Labute approximate surface area is 108 Å². The van der Waals surface area contributed by atoms with Crippen LogP contribution in [0.15, 0.2) is 64.2 Å². The number of para-hydroxylation sites is 1. The molecule has 1 aromatic heterocycles. The average molecular weight is 255 g/mol. The zero-order valence-electron chi connectivity index (χ0n) is 9.88. The van der Waals surface area contributed by atoms with Gasteiger partial charge in [-0.1, -0.05) is 23.4 Å². The van der Waals surface area contributed by atoms with Crippen molar-refractivity contribution in [3.63, 3.8) is 0 Å². The van der Waals surface area contributed by atoms with E-state index in [0.717, 1.165) is 5.39 Å². The van der Waals surface area contributed by atoms with E-state index in [1.54, 1.807) is 6.07 Å². The van der Waals surface area contributed by atoms with Gasteiger partial charge in [0.1, 0.15) is 11.4 Å². The molecule has 0 amide bonds. The Balaban J connectivity index is 2.09. The lowest BCUT2D eigenvalue weighted by Crippen LogP contribution is -2.01. The van der Waals surface area contributed by atoms with Crippen LogP contribution >= 0.6 is 0 Å². The average Bonchev–Trinajstić information content (AvgIpc) is 2.85. The molecule has 19 heavy (non-hydrogen) atoms. The van der Waals surface area contributed by atoms with Crippen molar-refractivity contribution in [2.45, 2.75) is 0 Å². The first-order valence-corrected chi connectivity index (χ1v) is 5.75. The van der Waals surface area contributed by atoms with Crippen LogP contribution in [0.5, 0.6) is 0 Å². The van der Waals surface area contributed by atoms with Gasteiger partial charge in [0.05, 0.1) is 0 Å². The Morgan fingerprint density at radius 2 is 1.79 bits per heavy atom. The van der Waals surface area contributed by atoms with E-state index in [1.165, 1.54) is 24.3 Å². The number of fused-ring (bicyclic) bond motifs is 1. The number of halogens is 1. The minimum Gasteiger partial charge on any atom is -0.454 e. The number of oxime groups is 1. The lowest BCUT2D eigenvalue weighted by atomic mass is 10.1. The van der Waals surface area contributed by atoms with Crippen LogP contribution < -0.4 is 0 Å². The third-order valence-corrected chi connectivity index (χ3v) is 2.88. The number of hydrogen-bond donors (Lipinski definition) is 1. The fourth-order valence-electron chi connectivity index (χ4n) is 1.96. The van der Waals surface area contributed by atoms with Gasteiger partial charge in [0.25, 0.3) is 0 Å². The molecule has 4 heteroatoms. The van der Waals surface area contributed by atoms with Crippen LogP contribution in [0, 0.1) is 5.82 Å². The van der Waals surface area contributed by atoms with Crippen LogP contribution in [0.1, 0.15) is 11.3 Å². The monoisotopic (exact) mass is 255 g/mol. The van der Waals surface area contributed by atoms with E-state index in [4.69, 9.17) is 9.62 Å². The third kappa shape index (κ3) is 2.08. The second kappa shape index (κ2) is 4.57. The van der Waals surface area contributed by atoms with E-state index in [1.807, 2.05) is 24.3 Å². The molecule has 0 fully saturated rings. The second-order valence-electron chi connectivity index (χ2n) is 4.10. The molecule has 0 saturated carbocycles. The molecule has 0 bridgehead atoms. The first kappa shape index (κ1) is 11.5. The summed E-state index contributed by atoms with van der Waals surface area (Å²) < 4.78 is 18.5. The minimum absolute atomic E-state index is 0.274. The van der Waals surface area contributed by atoms with Crippen molar-refractivity contribution in [2.75, 3.05) is 0 Å². The summed E-state index contributed by atoms with van der Waals surface area (Å²) in [5.74, 6) is 0.0981. The third-order valence-electron chi connectivity index (χ3n) is 2.88. The van der Waals surface area contributed by atoms with E-state index in [9.17, 15) is 4.39 Å². The molecule has 1 heterocycles. The maximum atomic E-state index is 12.9. The standard InChI is InChI=1S/C15H10FNO2/c16-12-7-5-10(6-8-12)15(17-18)14-9-11-3-1-2-4-13(11)19-14/h1-9,18H. The molecule has 2 aromatic carbocycles. The van der Waals surface area contributed by atoms with E-state index >= 15 is 0 Å². The van der Waals surface area contributed by atoms with Crippen molar-refractivity contribution in [1.82, 2.24) is 0 Å². The summed E-state index contributed by atoms with van der Waals surface area (Å²) in [5.41, 5.74) is 1.57. The molecule has 0 unspecified atom stereocenters. The Morgan fingerprint density at radius 3 is 2.47 bits per heavy atom. The summed E-state index contributed by atoms with van der Waals surface area (Å²) >= 11 is 0. The molecule has 0 spiro atoms. The topological polar surface area (TPSA) is 45.7 Å². The van der Waals surface area contributed by atoms with Crippen molar-refractivity contribution in [1.29, 1.82) is 0 Å². The van der Waals surface area contributed by atoms with Crippen molar-refractivity contribution < 1.29 is 14.0 Å². The van der Waals surface area contributed by atoms with Gasteiger partial charge in [-0.05, 0) is 36.4 Å². The zero-order chi connectivity index (χ0) is 13.2. The van der Waals surface area contributed by atoms with E-state index in [-0.39, 0.29) is 11.5 Å². The molecule has 0 atom stereocenters. The minimum atomic E-state index is -0.342. The van der Waals surface area contributed by atoms with Gasteiger partial charge >= 0.3 is 0 Å². The summed E-state index contributed by atoms with van der Waals surface area (Å²) in [7, 11) is 0. The maximum absolute atomic E-state index is 12.9. The van der Waals surface area contributed by atoms with Gasteiger partial charge in [-0.2, -0.15) is 0 Å². The smallest absolute Gasteiger partial charge is 0.157 e. The van der Waals surface area contributed by atoms with Gasteiger partial charge < -0.3 is 9.62 Å². The largest absolute Gasteiger partial charge is 0.454 e. The number of hydrogen-bond acceptors (Lipinski definition) is 3. The van der Waals surface area contributed by atoms with Gasteiger partial charge in [-0.25, -0.2) is 4.39 Å². The molecule has 0 aliphatic rings. The normalized spacial score (nSPS) is 11.9. The number of rotatable bonds is 2. The SMILES string of the molecule is ON=C(c1ccc(F)cc1)c1cc2ccccc2o1. The summed E-state index contributed by atoms with van der Waals surface area (Å²) in [5, 5.41) is 13.3.